The first-order chi connectivity index (χ1) is 8.18. The van der Waals surface area contributed by atoms with E-state index in [9.17, 15) is 4.79 Å². The van der Waals surface area contributed by atoms with Crippen LogP contribution in [0.5, 0.6) is 0 Å². The minimum absolute atomic E-state index is 0.382. The SMILES string of the molecule is CC.CC.NC(=O)c1cc2cccc(N)c2[nH]1. The van der Waals surface area contributed by atoms with E-state index in [0.29, 0.717) is 11.4 Å². The van der Waals surface area contributed by atoms with Crippen LogP contribution in [0.15, 0.2) is 24.3 Å². The molecule has 0 aliphatic rings. The Morgan fingerprint density at radius 3 is 2.24 bits per heavy atom. The van der Waals surface area contributed by atoms with E-state index in [4.69, 9.17) is 11.5 Å². The van der Waals surface area contributed by atoms with Gasteiger partial charge in [0.25, 0.3) is 5.91 Å². The van der Waals surface area contributed by atoms with Gasteiger partial charge in [0.15, 0.2) is 0 Å². The molecule has 1 aromatic carbocycles. The number of carbonyl (C=O) groups is 1. The van der Waals surface area contributed by atoms with E-state index in [2.05, 4.69) is 4.98 Å². The van der Waals surface area contributed by atoms with Crippen LogP contribution in [0.3, 0.4) is 0 Å². The summed E-state index contributed by atoms with van der Waals surface area (Å²) in [6.45, 7) is 8.00. The number of primary amides is 1. The van der Waals surface area contributed by atoms with Crippen molar-refractivity contribution in [2.24, 2.45) is 5.73 Å². The molecule has 2 aromatic rings. The summed E-state index contributed by atoms with van der Waals surface area (Å²) in [5.41, 5.74) is 12.6. The second kappa shape index (κ2) is 7.33. The van der Waals surface area contributed by atoms with Gasteiger partial charge in [0.2, 0.25) is 0 Å². The fourth-order valence-electron chi connectivity index (χ4n) is 1.31. The van der Waals surface area contributed by atoms with Crippen LogP contribution in [0.25, 0.3) is 10.9 Å². The third-order valence-corrected chi connectivity index (χ3v) is 1.95. The lowest BCUT2D eigenvalue weighted by Gasteiger charge is -1.93. The third kappa shape index (κ3) is 3.52. The number of nitrogens with two attached hydrogens (primary N) is 2. The van der Waals surface area contributed by atoms with Gasteiger partial charge in [-0.25, -0.2) is 0 Å². The van der Waals surface area contributed by atoms with Gasteiger partial charge in [0.05, 0.1) is 11.2 Å². The summed E-state index contributed by atoms with van der Waals surface area (Å²) in [5.74, 6) is -0.476. The van der Waals surface area contributed by atoms with Crippen LogP contribution in [0.4, 0.5) is 5.69 Å². The number of hydrogen-bond acceptors (Lipinski definition) is 2. The molecule has 17 heavy (non-hydrogen) atoms. The van der Waals surface area contributed by atoms with Crippen molar-refractivity contribution in [1.29, 1.82) is 0 Å². The summed E-state index contributed by atoms with van der Waals surface area (Å²) >= 11 is 0. The van der Waals surface area contributed by atoms with Gasteiger partial charge in [-0.1, -0.05) is 39.8 Å². The first-order valence-corrected chi connectivity index (χ1v) is 5.85. The number of nitrogens with one attached hydrogen (secondary N) is 1. The lowest BCUT2D eigenvalue weighted by atomic mass is 10.2. The van der Waals surface area contributed by atoms with Gasteiger partial charge >= 0.3 is 0 Å². The van der Waals surface area contributed by atoms with Crippen molar-refractivity contribution in [1.82, 2.24) is 4.98 Å². The number of carbonyl (C=O) groups excluding carboxylic acids is 1. The highest BCUT2D eigenvalue weighted by molar-refractivity contribution is 6.00. The maximum atomic E-state index is 10.8. The van der Waals surface area contributed by atoms with E-state index in [0.717, 1.165) is 10.9 Å². The highest BCUT2D eigenvalue weighted by Crippen LogP contribution is 2.20. The number of amides is 1. The van der Waals surface area contributed by atoms with Crippen LogP contribution in [-0.4, -0.2) is 10.9 Å². The number of hydrogen-bond donors (Lipinski definition) is 3. The minimum Gasteiger partial charge on any atom is -0.397 e. The Bertz CT molecular complexity index is 474. The van der Waals surface area contributed by atoms with Crippen LogP contribution in [0.2, 0.25) is 0 Å². The molecule has 4 nitrogen and oxygen atoms in total. The molecular formula is C13H21N3O. The molecule has 2 rings (SSSR count). The molecule has 0 saturated carbocycles. The summed E-state index contributed by atoms with van der Waals surface area (Å²) in [6.07, 6.45) is 0. The topological polar surface area (TPSA) is 84.9 Å². The van der Waals surface area contributed by atoms with Crippen LogP contribution in [0.1, 0.15) is 38.2 Å². The Balaban J connectivity index is 0.000000581. The highest BCUT2D eigenvalue weighted by atomic mass is 16.1. The number of benzene rings is 1. The quantitative estimate of drug-likeness (QED) is 0.664. The van der Waals surface area contributed by atoms with Crippen molar-refractivity contribution in [3.8, 4) is 0 Å². The van der Waals surface area contributed by atoms with Crippen LogP contribution < -0.4 is 11.5 Å². The number of H-pyrrole nitrogens is 1. The number of anilines is 1. The fourth-order valence-corrected chi connectivity index (χ4v) is 1.31. The zero-order chi connectivity index (χ0) is 13.4. The molecule has 0 fully saturated rings. The van der Waals surface area contributed by atoms with E-state index >= 15 is 0 Å². The lowest BCUT2D eigenvalue weighted by molar-refractivity contribution is 0.0996. The van der Waals surface area contributed by atoms with E-state index in [1.807, 2.05) is 39.8 Å². The van der Waals surface area contributed by atoms with Crippen LogP contribution in [-0.2, 0) is 0 Å². The molecule has 1 heterocycles. The average Bonchev–Trinajstić information content (AvgIpc) is 2.80. The summed E-state index contributed by atoms with van der Waals surface area (Å²) in [7, 11) is 0. The highest BCUT2D eigenvalue weighted by Gasteiger charge is 2.06. The zero-order valence-corrected chi connectivity index (χ0v) is 10.9. The molecule has 94 valence electrons. The van der Waals surface area contributed by atoms with Crippen LogP contribution >= 0.6 is 0 Å². The molecule has 0 bridgehead atoms. The molecule has 0 aliphatic heterocycles. The molecular weight excluding hydrogens is 214 g/mol. The Hall–Kier alpha value is -1.97. The van der Waals surface area contributed by atoms with Gasteiger partial charge < -0.3 is 16.5 Å². The monoisotopic (exact) mass is 235 g/mol. The summed E-state index contributed by atoms with van der Waals surface area (Å²) in [5, 5.41) is 0.897. The predicted molar refractivity (Wildman–Crippen MR) is 73.9 cm³/mol. The predicted octanol–water partition coefficient (Wildman–Crippen LogP) is 2.90. The summed E-state index contributed by atoms with van der Waals surface area (Å²) < 4.78 is 0. The Morgan fingerprint density at radius 1 is 1.18 bits per heavy atom. The number of fused-ring (bicyclic) bond motifs is 1. The molecule has 0 unspecified atom stereocenters. The van der Waals surface area contributed by atoms with Gasteiger partial charge in [-0.2, -0.15) is 0 Å². The molecule has 4 heteroatoms. The first-order valence-electron chi connectivity index (χ1n) is 5.85. The Kier molecular flexibility index (Phi) is 6.48. The molecule has 5 N–H and O–H groups in total. The summed E-state index contributed by atoms with van der Waals surface area (Å²) in [4.78, 5) is 13.7. The lowest BCUT2D eigenvalue weighted by Crippen LogP contribution is -2.10. The van der Waals surface area contributed by atoms with Gasteiger partial charge in [0, 0.05) is 5.39 Å². The van der Waals surface area contributed by atoms with E-state index in [-0.39, 0.29) is 0 Å². The Labute approximate surface area is 102 Å². The molecule has 0 spiro atoms. The molecule has 1 aromatic heterocycles. The maximum absolute atomic E-state index is 10.8. The van der Waals surface area contributed by atoms with Crippen molar-refractivity contribution in [3.63, 3.8) is 0 Å². The van der Waals surface area contributed by atoms with Crippen molar-refractivity contribution >= 4 is 22.5 Å². The number of para-hydroxylation sites is 1. The van der Waals surface area contributed by atoms with Crippen molar-refractivity contribution in [2.75, 3.05) is 5.73 Å². The molecule has 0 aliphatic carbocycles. The molecule has 0 atom stereocenters. The van der Waals surface area contributed by atoms with Gasteiger partial charge in [0.1, 0.15) is 5.69 Å². The maximum Gasteiger partial charge on any atom is 0.265 e. The van der Waals surface area contributed by atoms with Gasteiger partial charge in [-0.05, 0) is 12.1 Å². The average molecular weight is 235 g/mol. The molecule has 0 saturated heterocycles. The van der Waals surface area contributed by atoms with Crippen LogP contribution in [0, 0.1) is 0 Å². The molecule has 1 amide bonds. The third-order valence-electron chi connectivity index (χ3n) is 1.95. The largest absolute Gasteiger partial charge is 0.397 e. The standard InChI is InChI=1S/C9H9N3O.2C2H6/c10-6-3-1-2-5-4-7(9(11)13)12-8(5)6;2*1-2/h1-4,12H,10H2,(H2,11,13);2*1-2H3. The zero-order valence-electron chi connectivity index (χ0n) is 10.9. The van der Waals surface area contributed by atoms with Gasteiger partial charge in [-0.3, -0.25) is 4.79 Å². The summed E-state index contributed by atoms with van der Waals surface area (Å²) in [6, 6.07) is 7.16. The fraction of sp³-hybridized carbons (Fsp3) is 0.308. The first kappa shape index (κ1) is 15.0. The van der Waals surface area contributed by atoms with E-state index in [1.54, 1.807) is 12.1 Å². The second-order valence-corrected chi connectivity index (χ2v) is 2.86. The number of aromatic amines is 1. The minimum atomic E-state index is -0.476. The number of aromatic nitrogens is 1. The van der Waals surface area contributed by atoms with Crippen molar-refractivity contribution in [2.45, 2.75) is 27.7 Å². The van der Waals surface area contributed by atoms with Gasteiger partial charge in [-0.15, -0.1) is 0 Å². The van der Waals surface area contributed by atoms with E-state index in [1.165, 1.54) is 0 Å². The second-order valence-electron chi connectivity index (χ2n) is 2.86. The Morgan fingerprint density at radius 2 is 1.76 bits per heavy atom. The number of nitrogen functional groups attached to an aromatic ring is 1. The molecule has 0 radical (unpaired) electrons. The van der Waals surface area contributed by atoms with E-state index < -0.39 is 5.91 Å². The van der Waals surface area contributed by atoms with Crippen molar-refractivity contribution < 1.29 is 4.79 Å². The normalized spacial score (nSPS) is 8.71. The number of rotatable bonds is 1. The smallest absolute Gasteiger partial charge is 0.265 e. The van der Waals surface area contributed by atoms with Crippen molar-refractivity contribution in [3.05, 3.63) is 30.0 Å².